The molecule has 184 valence electrons. The van der Waals surface area contributed by atoms with Crippen LogP contribution in [0.25, 0.3) is 11.3 Å². The number of nitriles is 1. The molecule has 3 N–H and O–H groups in total. The summed E-state index contributed by atoms with van der Waals surface area (Å²) in [6.07, 6.45) is 7.65. The van der Waals surface area contributed by atoms with Crippen LogP contribution in [0.2, 0.25) is 5.02 Å². The van der Waals surface area contributed by atoms with Gasteiger partial charge in [-0.3, -0.25) is 0 Å². The first-order chi connectivity index (χ1) is 16.6. The average molecular weight is 505 g/mol. The van der Waals surface area contributed by atoms with Crippen molar-refractivity contribution in [3.8, 4) is 17.3 Å². The van der Waals surface area contributed by atoms with Crippen LogP contribution in [0.5, 0.6) is 0 Å². The zero-order valence-corrected chi connectivity index (χ0v) is 21.2. The van der Waals surface area contributed by atoms with E-state index in [1.807, 2.05) is 11.4 Å². The lowest BCUT2D eigenvalue weighted by atomic mass is 9.82. The summed E-state index contributed by atoms with van der Waals surface area (Å²) in [4.78, 5) is 9.23. The van der Waals surface area contributed by atoms with Gasteiger partial charge in [-0.15, -0.1) is 11.3 Å². The maximum absolute atomic E-state index is 9.66. The molecule has 0 bridgehead atoms. The topological polar surface area (TPSA) is 104 Å². The first-order valence-corrected chi connectivity index (χ1v) is 13.2. The van der Waals surface area contributed by atoms with Crippen LogP contribution in [0, 0.1) is 16.7 Å². The van der Waals surface area contributed by atoms with Gasteiger partial charge >= 0.3 is 0 Å². The summed E-state index contributed by atoms with van der Waals surface area (Å²) >= 11 is 8.01. The van der Waals surface area contributed by atoms with Gasteiger partial charge < -0.3 is 25.4 Å². The molecule has 3 heterocycles. The van der Waals surface area contributed by atoms with Crippen LogP contribution >= 0.6 is 22.9 Å². The molecule has 2 aromatic heterocycles. The number of halogens is 1. The number of pyridine rings is 1. The molecule has 2 fully saturated rings. The van der Waals surface area contributed by atoms with Crippen molar-refractivity contribution in [2.24, 2.45) is 5.41 Å². The van der Waals surface area contributed by atoms with Gasteiger partial charge in [0.25, 0.3) is 0 Å². The molecule has 0 aromatic carbocycles. The molecule has 1 saturated carbocycles. The number of methoxy groups -OCH3 is 1. The highest BCUT2D eigenvalue weighted by Crippen LogP contribution is 2.34. The van der Waals surface area contributed by atoms with Crippen LogP contribution in [-0.4, -0.2) is 62.1 Å². The summed E-state index contributed by atoms with van der Waals surface area (Å²) in [6, 6.07) is 5.43. The molecule has 10 heteroatoms. The van der Waals surface area contributed by atoms with Gasteiger partial charge in [-0.2, -0.15) is 5.26 Å². The van der Waals surface area contributed by atoms with E-state index >= 15 is 0 Å². The minimum absolute atomic E-state index is 0.395. The average Bonchev–Trinajstić information content (AvgIpc) is 3.35. The van der Waals surface area contributed by atoms with Crippen molar-refractivity contribution in [2.75, 3.05) is 50.7 Å². The number of thiazole rings is 1. The third kappa shape index (κ3) is 6.58. The Morgan fingerprint density at radius 1 is 1.26 bits per heavy atom. The van der Waals surface area contributed by atoms with E-state index in [0.29, 0.717) is 36.9 Å². The minimum Gasteiger partial charge on any atom is -0.383 e. The molecular weight excluding hydrogens is 472 g/mol. The van der Waals surface area contributed by atoms with Gasteiger partial charge in [0.1, 0.15) is 5.82 Å². The van der Waals surface area contributed by atoms with Crippen LogP contribution < -0.4 is 16.0 Å². The van der Waals surface area contributed by atoms with Gasteiger partial charge in [0.05, 0.1) is 28.8 Å². The van der Waals surface area contributed by atoms with Crippen molar-refractivity contribution in [3.63, 3.8) is 0 Å². The predicted molar refractivity (Wildman–Crippen MR) is 136 cm³/mol. The molecule has 1 saturated heterocycles. The Kier molecular flexibility index (Phi) is 8.98. The molecule has 4 rings (SSSR count). The Hall–Kier alpha value is -1.96. The highest BCUT2D eigenvalue weighted by atomic mass is 35.5. The van der Waals surface area contributed by atoms with Crippen LogP contribution in [0.4, 0.5) is 10.9 Å². The summed E-state index contributed by atoms with van der Waals surface area (Å²) in [6.45, 7) is 3.48. The number of nitrogens with zero attached hydrogens (tertiary/aromatic N) is 3. The van der Waals surface area contributed by atoms with Crippen LogP contribution in [-0.2, 0) is 9.47 Å². The second-order valence-corrected chi connectivity index (χ2v) is 10.4. The van der Waals surface area contributed by atoms with Crippen molar-refractivity contribution in [1.29, 1.82) is 5.26 Å². The lowest BCUT2D eigenvalue weighted by molar-refractivity contribution is 0.0456. The largest absolute Gasteiger partial charge is 0.383 e. The third-order valence-corrected chi connectivity index (χ3v) is 7.82. The van der Waals surface area contributed by atoms with Crippen LogP contribution in [0.3, 0.4) is 0 Å². The molecule has 1 aliphatic carbocycles. The van der Waals surface area contributed by atoms with Crippen LogP contribution in [0.15, 0.2) is 17.6 Å². The van der Waals surface area contributed by atoms with E-state index in [1.165, 1.54) is 11.3 Å². The van der Waals surface area contributed by atoms with E-state index in [1.54, 1.807) is 13.3 Å². The van der Waals surface area contributed by atoms with E-state index < -0.39 is 5.41 Å². The number of ether oxygens (including phenoxy) is 2. The third-order valence-electron chi connectivity index (χ3n) is 6.72. The first-order valence-electron chi connectivity index (χ1n) is 11.9. The molecule has 0 amide bonds. The normalized spacial score (nSPS) is 22.1. The number of hydrogen-bond acceptors (Lipinski definition) is 9. The number of rotatable bonds is 10. The van der Waals surface area contributed by atoms with Gasteiger partial charge in [-0.25, -0.2) is 9.97 Å². The standard InChI is InChI=1S/C24H33ClN6O2S/c1-32-11-8-27-17-2-4-18(5-3-17)30-22-12-19(20(25)13-28-22)21-14-34-23(31-21)29-16-24(15-26)6-9-33-10-7-24/h12-14,17-18,27H,2-11,16H2,1H3,(H,28,30)(H,29,31)/t17-,18-. The second kappa shape index (κ2) is 12.1. The van der Waals surface area contributed by atoms with Gasteiger partial charge in [-0.1, -0.05) is 11.6 Å². The fourth-order valence-corrected chi connectivity index (χ4v) is 5.45. The zero-order valence-electron chi connectivity index (χ0n) is 19.6. The van der Waals surface area contributed by atoms with Crippen molar-refractivity contribution in [2.45, 2.75) is 50.6 Å². The Balaban J connectivity index is 1.34. The fourth-order valence-electron chi connectivity index (χ4n) is 4.54. The smallest absolute Gasteiger partial charge is 0.183 e. The Morgan fingerprint density at radius 2 is 2.03 bits per heavy atom. The molecule has 2 aliphatic rings. The second-order valence-electron chi connectivity index (χ2n) is 9.09. The Morgan fingerprint density at radius 3 is 2.76 bits per heavy atom. The quantitative estimate of drug-likeness (QED) is 0.405. The molecule has 0 radical (unpaired) electrons. The molecule has 1 aliphatic heterocycles. The Labute approximate surface area is 210 Å². The van der Waals surface area contributed by atoms with Crippen LogP contribution in [0.1, 0.15) is 38.5 Å². The number of aromatic nitrogens is 2. The van der Waals surface area contributed by atoms with Gasteiger partial charge in [0.2, 0.25) is 0 Å². The number of nitrogens with one attached hydrogen (secondary N) is 3. The maximum Gasteiger partial charge on any atom is 0.183 e. The van der Waals surface area contributed by atoms with Crippen molar-refractivity contribution >= 4 is 33.9 Å². The van der Waals surface area contributed by atoms with Gasteiger partial charge in [-0.05, 0) is 44.6 Å². The fraction of sp³-hybridized carbons (Fsp3) is 0.625. The molecule has 34 heavy (non-hydrogen) atoms. The molecular formula is C24H33ClN6O2S. The number of anilines is 2. The molecule has 0 atom stereocenters. The lowest BCUT2D eigenvalue weighted by Gasteiger charge is -2.30. The summed E-state index contributed by atoms with van der Waals surface area (Å²) in [5.41, 5.74) is 1.28. The predicted octanol–water partition coefficient (Wildman–Crippen LogP) is 4.55. The SMILES string of the molecule is COCCN[C@H]1CC[C@H](Nc2cc(-c3csc(NCC4(C#N)CCOCC4)n3)c(Cl)cn2)CC1. The minimum atomic E-state index is -0.395. The zero-order chi connectivity index (χ0) is 23.8. The maximum atomic E-state index is 9.66. The summed E-state index contributed by atoms with van der Waals surface area (Å²) in [5.74, 6) is 0.823. The summed E-state index contributed by atoms with van der Waals surface area (Å²) in [7, 11) is 1.73. The summed E-state index contributed by atoms with van der Waals surface area (Å²) in [5, 5.41) is 23.5. The molecule has 2 aromatic rings. The van der Waals surface area contributed by atoms with E-state index in [4.69, 9.17) is 26.1 Å². The van der Waals surface area contributed by atoms with E-state index in [2.05, 4.69) is 27.0 Å². The van der Waals surface area contributed by atoms with E-state index in [-0.39, 0.29) is 0 Å². The molecule has 0 unspecified atom stereocenters. The first kappa shape index (κ1) is 25.1. The monoisotopic (exact) mass is 504 g/mol. The van der Waals surface area contributed by atoms with E-state index in [0.717, 1.165) is 73.9 Å². The summed E-state index contributed by atoms with van der Waals surface area (Å²) < 4.78 is 10.5. The van der Waals surface area contributed by atoms with Crippen molar-refractivity contribution < 1.29 is 9.47 Å². The molecule has 8 nitrogen and oxygen atoms in total. The van der Waals surface area contributed by atoms with Crippen molar-refractivity contribution in [3.05, 3.63) is 22.7 Å². The molecule has 0 spiro atoms. The lowest BCUT2D eigenvalue weighted by Crippen LogP contribution is -2.38. The van der Waals surface area contributed by atoms with Crippen molar-refractivity contribution in [1.82, 2.24) is 15.3 Å². The Bertz CT molecular complexity index is 967. The highest BCUT2D eigenvalue weighted by Gasteiger charge is 2.32. The van der Waals surface area contributed by atoms with Gasteiger partial charge in [0, 0.05) is 62.6 Å². The number of hydrogen-bond donors (Lipinski definition) is 3. The van der Waals surface area contributed by atoms with Gasteiger partial charge in [0.15, 0.2) is 5.13 Å². The van der Waals surface area contributed by atoms with E-state index in [9.17, 15) is 5.26 Å². The highest BCUT2D eigenvalue weighted by molar-refractivity contribution is 7.14.